The van der Waals surface area contributed by atoms with Crippen molar-refractivity contribution in [2.24, 2.45) is 0 Å². The SMILES string of the molecule is C=CC[N+](CC)(CC)CCOC(=O)C=CC(=O)OCCCCCCCCCCCCCCCC. The van der Waals surface area contributed by atoms with Crippen molar-refractivity contribution in [3.05, 3.63) is 24.8 Å². The van der Waals surface area contributed by atoms with Gasteiger partial charge in [-0.25, -0.2) is 9.59 Å². The molecule has 0 fully saturated rings. The molecule has 0 radical (unpaired) electrons. The van der Waals surface area contributed by atoms with Crippen molar-refractivity contribution in [2.45, 2.75) is 111 Å². The van der Waals surface area contributed by atoms with Crippen LogP contribution < -0.4 is 0 Å². The van der Waals surface area contributed by atoms with Crippen LogP contribution >= 0.6 is 0 Å². The highest BCUT2D eigenvalue weighted by molar-refractivity contribution is 5.91. The molecule has 0 saturated heterocycles. The van der Waals surface area contributed by atoms with Gasteiger partial charge in [0.25, 0.3) is 0 Å². The molecule has 198 valence electrons. The number of rotatable bonds is 24. The molecule has 0 aliphatic rings. The fourth-order valence-corrected chi connectivity index (χ4v) is 4.20. The summed E-state index contributed by atoms with van der Waals surface area (Å²) in [5, 5.41) is 0. The van der Waals surface area contributed by atoms with E-state index in [1.54, 1.807) is 0 Å². The fourth-order valence-electron chi connectivity index (χ4n) is 4.20. The lowest BCUT2D eigenvalue weighted by Crippen LogP contribution is -2.50. The lowest BCUT2D eigenvalue weighted by molar-refractivity contribution is -0.919. The molecule has 0 rings (SSSR count). The molecule has 5 heteroatoms. The van der Waals surface area contributed by atoms with Crippen LogP contribution in [0.2, 0.25) is 0 Å². The largest absolute Gasteiger partial charge is 0.463 e. The minimum atomic E-state index is -0.502. The zero-order chi connectivity index (χ0) is 25.3. The molecule has 0 saturated carbocycles. The summed E-state index contributed by atoms with van der Waals surface area (Å²) in [5.74, 6) is -0.983. The van der Waals surface area contributed by atoms with Crippen molar-refractivity contribution < 1.29 is 23.5 Å². The van der Waals surface area contributed by atoms with E-state index < -0.39 is 11.9 Å². The van der Waals surface area contributed by atoms with E-state index in [4.69, 9.17) is 9.47 Å². The summed E-state index contributed by atoms with van der Waals surface area (Å²) in [6, 6.07) is 0. The van der Waals surface area contributed by atoms with E-state index in [9.17, 15) is 9.59 Å². The quantitative estimate of drug-likeness (QED) is 0.0484. The average Bonchev–Trinajstić information content (AvgIpc) is 2.84. The standard InChI is InChI=1S/C29H54NO4/c1-5-9-10-11-12-13-14-15-16-17-18-19-20-21-26-33-28(31)22-23-29(32)34-27-25-30(7-3,8-4)24-6-2/h6,22-23H,2,5,7-21,24-27H2,1,3-4H3/q+1. The number of ether oxygens (including phenoxy) is 2. The highest BCUT2D eigenvalue weighted by Crippen LogP contribution is 2.13. The van der Waals surface area contributed by atoms with Crippen molar-refractivity contribution in [2.75, 3.05) is 39.4 Å². The predicted octanol–water partition coefficient (Wildman–Crippen LogP) is 7.15. The van der Waals surface area contributed by atoms with Gasteiger partial charge >= 0.3 is 11.9 Å². The van der Waals surface area contributed by atoms with Gasteiger partial charge in [0.2, 0.25) is 0 Å². The first-order valence-corrected chi connectivity index (χ1v) is 14.0. The third-order valence-corrected chi connectivity index (χ3v) is 6.77. The van der Waals surface area contributed by atoms with Gasteiger partial charge in [-0.05, 0) is 26.3 Å². The average molecular weight is 481 g/mol. The van der Waals surface area contributed by atoms with Crippen LogP contribution in [0.25, 0.3) is 0 Å². The van der Waals surface area contributed by atoms with E-state index in [1.165, 1.54) is 77.0 Å². The first-order valence-electron chi connectivity index (χ1n) is 14.0. The number of unbranched alkanes of at least 4 members (excludes halogenated alkanes) is 13. The molecule has 0 aliphatic carbocycles. The van der Waals surface area contributed by atoms with E-state index in [1.807, 2.05) is 6.08 Å². The number of hydrogen-bond donors (Lipinski definition) is 0. The number of quaternary nitrogens is 1. The van der Waals surface area contributed by atoms with Crippen molar-refractivity contribution in [3.8, 4) is 0 Å². The molecule has 0 spiro atoms. The number of carbonyl (C=O) groups is 2. The summed E-state index contributed by atoms with van der Waals surface area (Å²) in [6.45, 7) is 14.6. The maximum Gasteiger partial charge on any atom is 0.331 e. The van der Waals surface area contributed by atoms with Gasteiger partial charge in [-0.2, -0.15) is 0 Å². The zero-order valence-corrected chi connectivity index (χ0v) is 22.7. The summed E-state index contributed by atoms with van der Waals surface area (Å²) < 4.78 is 11.3. The molecule has 0 heterocycles. The summed E-state index contributed by atoms with van der Waals surface area (Å²) in [4.78, 5) is 23.6. The third kappa shape index (κ3) is 18.8. The Morgan fingerprint density at radius 1 is 0.647 bits per heavy atom. The Kier molecular flexibility index (Phi) is 22.0. The molecule has 0 amide bonds. The summed E-state index contributed by atoms with van der Waals surface area (Å²) in [5.41, 5.74) is 0. The smallest absolute Gasteiger partial charge is 0.331 e. The van der Waals surface area contributed by atoms with Crippen LogP contribution in [-0.4, -0.2) is 55.8 Å². The highest BCUT2D eigenvalue weighted by Gasteiger charge is 2.21. The second-order valence-corrected chi connectivity index (χ2v) is 9.43. The molecule has 0 atom stereocenters. The summed E-state index contributed by atoms with van der Waals surface area (Å²) >= 11 is 0. The van der Waals surface area contributed by atoms with Crippen LogP contribution in [0, 0.1) is 0 Å². The Labute approximate surface area is 210 Å². The molecule has 0 aliphatic heterocycles. The number of hydrogen-bond acceptors (Lipinski definition) is 4. The number of likely N-dealkylation sites (N-methyl/N-ethyl adjacent to an activating group) is 1. The molecule has 0 N–H and O–H groups in total. The van der Waals surface area contributed by atoms with Gasteiger partial charge in [0.05, 0.1) is 26.2 Å². The fraction of sp³-hybridized carbons (Fsp3) is 0.793. The Bertz CT molecular complexity index is 540. The Morgan fingerprint density at radius 3 is 1.47 bits per heavy atom. The van der Waals surface area contributed by atoms with Gasteiger partial charge in [-0.15, -0.1) is 0 Å². The number of esters is 2. The Balaban J connectivity index is 3.62. The molecule has 0 unspecified atom stereocenters. The third-order valence-electron chi connectivity index (χ3n) is 6.77. The van der Waals surface area contributed by atoms with Gasteiger partial charge in [-0.1, -0.05) is 97.0 Å². The molecular weight excluding hydrogens is 426 g/mol. The second kappa shape index (κ2) is 23.1. The summed E-state index contributed by atoms with van der Waals surface area (Å²) in [6.07, 6.45) is 22.4. The molecule has 0 aromatic heterocycles. The Hall–Kier alpha value is -1.62. The van der Waals surface area contributed by atoms with E-state index in [2.05, 4.69) is 27.4 Å². The van der Waals surface area contributed by atoms with Crippen LogP contribution in [0.5, 0.6) is 0 Å². The molecule has 0 bridgehead atoms. The highest BCUT2D eigenvalue weighted by atomic mass is 16.5. The van der Waals surface area contributed by atoms with Gasteiger partial charge < -0.3 is 14.0 Å². The molecule has 34 heavy (non-hydrogen) atoms. The minimum Gasteiger partial charge on any atom is -0.463 e. The van der Waals surface area contributed by atoms with Crippen LogP contribution in [0.4, 0.5) is 0 Å². The first-order chi connectivity index (χ1) is 16.5. The predicted molar refractivity (Wildman–Crippen MR) is 143 cm³/mol. The molecule has 0 aromatic rings. The van der Waals surface area contributed by atoms with Crippen LogP contribution in [0.1, 0.15) is 111 Å². The number of carbonyl (C=O) groups excluding carboxylic acids is 2. The zero-order valence-electron chi connectivity index (χ0n) is 22.7. The molecule has 0 aromatic carbocycles. The lowest BCUT2D eigenvalue weighted by atomic mass is 10.0. The van der Waals surface area contributed by atoms with Crippen molar-refractivity contribution in [3.63, 3.8) is 0 Å². The number of nitrogens with zero attached hydrogens (tertiary/aromatic N) is 1. The van der Waals surface area contributed by atoms with Gasteiger partial charge in [0.1, 0.15) is 13.2 Å². The topological polar surface area (TPSA) is 52.6 Å². The van der Waals surface area contributed by atoms with Crippen molar-refractivity contribution in [1.82, 2.24) is 0 Å². The van der Waals surface area contributed by atoms with Crippen LogP contribution in [-0.2, 0) is 19.1 Å². The maximum atomic E-state index is 11.8. The maximum absolute atomic E-state index is 11.8. The van der Waals surface area contributed by atoms with Crippen LogP contribution in [0.15, 0.2) is 24.8 Å². The van der Waals surface area contributed by atoms with E-state index >= 15 is 0 Å². The van der Waals surface area contributed by atoms with Gasteiger partial charge in [0.15, 0.2) is 0 Å². The van der Waals surface area contributed by atoms with Crippen molar-refractivity contribution in [1.29, 1.82) is 0 Å². The van der Waals surface area contributed by atoms with E-state index in [-0.39, 0.29) is 0 Å². The van der Waals surface area contributed by atoms with Crippen LogP contribution in [0.3, 0.4) is 0 Å². The summed E-state index contributed by atoms with van der Waals surface area (Å²) in [7, 11) is 0. The van der Waals surface area contributed by atoms with E-state index in [0.29, 0.717) is 13.2 Å². The van der Waals surface area contributed by atoms with Crippen molar-refractivity contribution >= 4 is 11.9 Å². The first kappa shape index (κ1) is 32.4. The van der Waals surface area contributed by atoms with Gasteiger partial charge in [0, 0.05) is 12.2 Å². The molecular formula is C29H54NO4+. The monoisotopic (exact) mass is 480 g/mol. The lowest BCUT2D eigenvalue weighted by Gasteiger charge is -2.35. The minimum absolute atomic E-state index is 0.326. The second-order valence-electron chi connectivity index (χ2n) is 9.43. The molecule has 5 nitrogen and oxygen atoms in total. The Morgan fingerprint density at radius 2 is 1.06 bits per heavy atom. The normalized spacial score (nSPS) is 11.6. The van der Waals surface area contributed by atoms with E-state index in [0.717, 1.165) is 55.7 Å². The van der Waals surface area contributed by atoms with Gasteiger partial charge in [-0.3, -0.25) is 0 Å².